The fourth-order valence-corrected chi connectivity index (χ4v) is 2.73. The zero-order valence-electron chi connectivity index (χ0n) is 12.1. The van der Waals surface area contributed by atoms with Gasteiger partial charge < -0.3 is 9.52 Å². The van der Waals surface area contributed by atoms with E-state index in [0.29, 0.717) is 13.1 Å². The molecule has 1 aromatic carbocycles. The number of likely N-dealkylation sites (tertiary alicyclic amines) is 1. The van der Waals surface area contributed by atoms with Gasteiger partial charge in [0.1, 0.15) is 11.5 Å². The molecule has 1 unspecified atom stereocenters. The van der Waals surface area contributed by atoms with E-state index in [1.807, 2.05) is 24.3 Å². The number of aliphatic carboxylic acids is 1. The molecule has 0 aliphatic carbocycles. The molecule has 1 fully saturated rings. The summed E-state index contributed by atoms with van der Waals surface area (Å²) in [7, 11) is 0. The zero-order chi connectivity index (χ0) is 14.8. The molecule has 0 saturated carbocycles. The summed E-state index contributed by atoms with van der Waals surface area (Å²) in [6.45, 7) is 4.16. The molecule has 2 aromatic rings. The molecule has 1 aliphatic rings. The lowest BCUT2D eigenvalue weighted by Gasteiger charge is -2.12. The average Bonchev–Trinajstić information content (AvgIpc) is 3.10. The van der Waals surface area contributed by atoms with Crippen LogP contribution in [0.1, 0.15) is 17.7 Å². The first kappa shape index (κ1) is 13.9. The van der Waals surface area contributed by atoms with Crippen molar-refractivity contribution in [2.24, 2.45) is 5.92 Å². The number of nitrogens with zero attached hydrogens (tertiary/aromatic N) is 1. The topological polar surface area (TPSA) is 53.7 Å². The Kier molecular flexibility index (Phi) is 3.80. The number of carbonyl (C=O) groups is 1. The standard InChI is InChI=1S/C17H19NO3/c1-12-2-4-13(5-3-12)16-7-6-15(21-16)11-18-9-8-14(10-18)17(19)20/h2-7,14H,8-11H2,1H3,(H,19,20). The van der Waals surface area contributed by atoms with Gasteiger partial charge in [-0.25, -0.2) is 0 Å². The fraction of sp³-hybridized carbons (Fsp3) is 0.353. The van der Waals surface area contributed by atoms with Crippen molar-refractivity contribution in [1.29, 1.82) is 0 Å². The SMILES string of the molecule is Cc1ccc(-c2ccc(CN3CCC(C(=O)O)C3)o2)cc1. The minimum absolute atomic E-state index is 0.239. The molecule has 1 saturated heterocycles. The highest BCUT2D eigenvalue weighted by Gasteiger charge is 2.28. The zero-order valence-corrected chi connectivity index (χ0v) is 12.1. The number of aryl methyl sites for hydroxylation is 1. The molecule has 2 heterocycles. The van der Waals surface area contributed by atoms with Gasteiger partial charge in [-0.15, -0.1) is 0 Å². The Labute approximate surface area is 124 Å². The van der Waals surface area contributed by atoms with E-state index in [0.717, 1.165) is 30.0 Å². The van der Waals surface area contributed by atoms with Crippen LogP contribution >= 0.6 is 0 Å². The van der Waals surface area contributed by atoms with Gasteiger partial charge in [0, 0.05) is 12.1 Å². The third-order valence-corrected chi connectivity index (χ3v) is 4.00. The predicted molar refractivity (Wildman–Crippen MR) is 79.9 cm³/mol. The highest BCUT2D eigenvalue weighted by Crippen LogP contribution is 2.25. The van der Waals surface area contributed by atoms with Crippen molar-refractivity contribution in [1.82, 2.24) is 4.90 Å². The Balaban J connectivity index is 1.66. The third kappa shape index (κ3) is 3.16. The van der Waals surface area contributed by atoms with E-state index in [1.165, 1.54) is 5.56 Å². The second-order valence-electron chi connectivity index (χ2n) is 5.69. The lowest BCUT2D eigenvalue weighted by atomic mass is 10.1. The quantitative estimate of drug-likeness (QED) is 0.937. The van der Waals surface area contributed by atoms with Gasteiger partial charge in [0.25, 0.3) is 0 Å². The van der Waals surface area contributed by atoms with E-state index in [9.17, 15) is 4.79 Å². The van der Waals surface area contributed by atoms with Gasteiger partial charge in [0.05, 0.1) is 12.5 Å². The van der Waals surface area contributed by atoms with Gasteiger partial charge >= 0.3 is 5.97 Å². The summed E-state index contributed by atoms with van der Waals surface area (Å²) >= 11 is 0. The monoisotopic (exact) mass is 285 g/mol. The summed E-state index contributed by atoms with van der Waals surface area (Å²) in [5.41, 5.74) is 2.29. The molecule has 21 heavy (non-hydrogen) atoms. The van der Waals surface area contributed by atoms with Gasteiger partial charge in [-0.2, -0.15) is 0 Å². The summed E-state index contributed by atoms with van der Waals surface area (Å²) in [5.74, 6) is 0.810. The fourth-order valence-electron chi connectivity index (χ4n) is 2.73. The summed E-state index contributed by atoms with van der Waals surface area (Å²) in [6, 6.07) is 12.2. The van der Waals surface area contributed by atoms with Crippen LogP contribution < -0.4 is 0 Å². The molecule has 0 radical (unpaired) electrons. The Morgan fingerprint density at radius 3 is 2.71 bits per heavy atom. The molecule has 1 atom stereocenters. The Morgan fingerprint density at radius 2 is 2.05 bits per heavy atom. The molecule has 4 nitrogen and oxygen atoms in total. The summed E-state index contributed by atoms with van der Waals surface area (Å²) in [5, 5.41) is 9.02. The second-order valence-corrected chi connectivity index (χ2v) is 5.69. The number of carboxylic acids is 1. The average molecular weight is 285 g/mol. The highest BCUT2D eigenvalue weighted by atomic mass is 16.4. The molecule has 0 spiro atoms. The van der Waals surface area contributed by atoms with Gasteiger partial charge in [-0.3, -0.25) is 9.69 Å². The lowest BCUT2D eigenvalue weighted by molar-refractivity contribution is -0.141. The van der Waals surface area contributed by atoms with Crippen molar-refractivity contribution < 1.29 is 14.3 Å². The molecule has 1 N–H and O–H groups in total. The van der Waals surface area contributed by atoms with Crippen molar-refractivity contribution in [3.8, 4) is 11.3 Å². The van der Waals surface area contributed by atoms with Crippen molar-refractivity contribution in [3.63, 3.8) is 0 Å². The molecule has 1 aromatic heterocycles. The van der Waals surface area contributed by atoms with E-state index in [1.54, 1.807) is 0 Å². The van der Waals surface area contributed by atoms with Crippen molar-refractivity contribution >= 4 is 5.97 Å². The number of rotatable bonds is 4. The van der Waals surface area contributed by atoms with Crippen LogP contribution in [0.3, 0.4) is 0 Å². The number of furan rings is 1. The van der Waals surface area contributed by atoms with Crippen LogP contribution in [0.4, 0.5) is 0 Å². The predicted octanol–water partition coefficient (Wildman–Crippen LogP) is 3.16. The van der Waals surface area contributed by atoms with Gasteiger partial charge in [-0.1, -0.05) is 29.8 Å². The van der Waals surface area contributed by atoms with E-state index in [-0.39, 0.29) is 5.92 Å². The Bertz CT molecular complexity index is 630. The van der Waals surface area contributed by atoms with E-state index < -0.39 is 5.97 Å². The first-order valence-corrected chi connectivity index (χ1v) is 7.23. The van der Waals surface area contributed by atoms with E-state index >= 15 is 0 Å². The lowest BCUT2D eigenvalue weighted by Crippen LogP contribution is -2.22. The molecule has 0 amide bonds. The molecule has 3 rings (SSSR count). The maximum absolute atomic E-state index is 11.0. The van der Waals surface area contributed by atoms with Crippen LogP contribution in [0.25, 0.3) is 11.3 Å². The largest absolute Gasteiger partial charge is 0.481 e. The molecular formula is C17H19NO3. The highest BCUT2D eigenvalue weighted by molar-refractivity contribution is 5.70. The normalized spacial score (nSPS) is 19.0. The molecule has 0 bridgehead atoms. The van der Waals surface area contributed by atoms with Gasteiger partial charge in [0.2, 0.25) is 0 Å². The third-order valence-electron chi connectivity index (χ3n) is 4.00. The van der Waals surface area contributed by atoms with Gasteiger partial charge in [-0.05, 0) is 32.0 Å². The summed E-state index contributed by atoms with van der Waals surface area (Å²) in [6.07, 6.45) is 0.723. The van der Waals surface area contributed by atoms with Crippen LogP contribution in [-0.4, -0.2) is 29.1 Å². The second kappa shape index (κ2) is 5.74. The maximum Gasteiger partial charge on any atom is 0.307 e. The molecule has 110 valence electrons. The number of benzene rings is 1. The summed E-state index contributed by atoms with van der Waals surface area (Å²) in [4.78, 5) is 13.1. The van der Waals surface area contributed by atoms with Crippen molar-refractivity contribution in [2.75, 3.05) is 13.1 Å². The molecule has 4 heteroatoms. The minimum atomic E-state index is -0.697. The van der Waals surface area contributed by atoms with Gasteiger partial charge in [0.15, 0.2) is 0 Å². The van der Waals surface area contributed by atoms with Crippen LogP contribution in [0.5, 0.6) is 0 Å². The number of hydrogen-bond donors (Lipinski definition) is 1. The Hall–Kier alpha value is -2.07. The molecule has 1 aliphatic heterocycles. The van der Waals surface area contributed by atoms with Crippen LogP contribution in [0.2, 0.25) is 0 Å². The summed E-state index contributed by atoms with van der Waals surface area (Å²) < 4.78 is 5.88. The molecular weight excluding hydrogens is 266 g/mol. The van der Waals surface area contributed by atoms with E-state index in [2.05, 4.69) is 24.0 Å². The van der Waals surface area contributed by atoms with Crippen molar-refractivity contribution in [2.45, 2.75) is 19.9 Å². The first-order valence-electron chi connectivity index (χ1n) is 7.23. The smallest absolute Gasteiger partial charge is 0.307 e. The maximum atomic E-state index is 11.0. The van der Waals surface area contributed by atoms with Crippen molar-refractivity contribution in [3.05, 3.63) is 47.7 Å². The minimum Gasteiger partial charge on any atom is -0.481 e. The number of hydrogen-bond acceptors (Lipinski definition) is 3. The number of carboxylic acid groups (broad SMARTS) is 1. The van der Waals surface area contributed by atoms with Crippen LogP contribution in [0.15, 0.2) is 40.8 Å². The van der Waals surface area contributed by atoms with E-state index in [4.69, 9.17) is 9.52 Å². The van der Waals surface area contributed by atoms with Crippen LogP contribution in [-0.2, 0) is 11.3 Å². The Morgan fingerprint density at radius 1 is 1.29 bits per heavy atom. The first-order chi connectivity index (χ1) is 10.1. The van der Waals surface area contributed by atoms with Crippen LogP contribution in [0, 0.1) is 12.8 Å².